The van der Waals surface area contributed by atoms with Crippen molar-refractivity contribution in [2.24, 2.45) is 0 Å². The molecule has 0 saturated carbocycles. The van der Waals surface area contributed by atoms with Crippen molar-refractivity contribution in [3.8, 4) is 0 Å². The first-order valence-corrected chi connectivity index (χ1v) is 13.8. The van der Waals surface area contributed by atoms with Crippen molar-refractivity contribution >= 4 is 34.6 Å². The van der Waals surface area contributed by atoms with Crippen molar-refractivity contribution in [1.29, 1.82) is 0 Å². The summed E-state index contributed by atoms with van der Waals surface area (Å²) in [6, 6.07) is 21.3. The summed E-state index contributed by atoms with van der Waals surface area (Å²) >= 11 is 0. The highest BCUT2D eigenvalue weighted by Crippen LogP contribution is 2.22. The first kappa shape index (κ1) is 32.1. The maximum atomic E-state index is 14.2. The molecule has 0 bridgehead atoms. The van der Waals surface area contributed by atoms with Crippen LogP contribution >= 0.6 is 0 Å². The predicted octanol–water partition coefficient (Wildman–Crippen LogP) is 3.09. The topological polar surface area (TPSA) is 128 Å². The number of ether oxygens (including phenoxy) is 1. The zero-order valence-electron chi connectivity index (χ0n) is 24.8. The number of hydrogen-bond donors (Lipinski definition) is 3. The van der Waals surface area contributed by atoms with Gasteiger partial charge in [-0.05, 0) is 35.7 Å². The minimum absolute atomic E-state index is 0.0451. The lowest BCUT2D eigenvalue weighted by Gasteiger charge is -2.35. The highest BCUT2D eigenvalue weighted by Gasteiger charge is 2.35. The van der Waals surface area contributed by atoms with Gasteiger partial charge in [0.1, 0.15) is 18.7 Å². The Morgan fingerprint density at radius 2 is 1.50 bits per heavy atom. The van der Waals surface area contributed by atoms with E-state index in [1.54, 1.807) is 27.9 Å². The summed E-state index contributed by atoms with van der Waals surface area (Å²) in [5, 5.41) is 16.0. The fourth-order valence-electron chi connectivity index (χ4n) is 4.86. The number of hydrogen-bond acceptors (Lipinski definition) is 5. The van der Waals surface area contributed by atoms with Crippen molar-refractivity contribution in [2.45, 2.75) is 44.3 Å². The molecule has 3 N–H and O–H groups in total. The van der Waals surface area contributed by atoms with Gasteiger partial charge in [0.15, 0.2) is 0 Å². The summed E-state index contributed by atoms with van der Waals surface area (Å²) in [6.45, 7) is 2.88. The van der Waals surface area contributed by atoms with Crippen molar-refractivity contribution in [2.75, 3.05) is 34.4 Å². The van der Waals surface area contributed by atoms with Crippen molar-refractivity contribution in [3.05, 3.63) is 83.9 Å². The zero-order chi connectivity index (χ0) is 30.9. The Morgan fingerprint density at radius 3 is 2.17 bits per heavy atom. The first-order valence-electron chi connectivity index (χ1n) is 13.8. The summed E-state index contributed by atoms with van der Waals surface area (Å²) in [7, 11) is 4.65. The molecule has 224 valence electrons. The molecule has 3 rings (SSSR count). The highest BCUT2D eigenvalue weighted by molar-refractivity contribution is 5.93. The lowest BCUT2D eigenvalue weighted by molar-refractivity contribution is -0.149. The number of carbonyl (C=O) groups excluding carboxylic acids is 3. The lowest BCUT2D eigenvalue weighted by Crippen LogP contribution is -2.56. The van der Waals surface area contributed by atoms with Gasteiger partial charge in [-0.2, -0.15) is 0 Å². The van der Waals surface area contributed by atoms with Crippen LogP contribution in [0.4, 0.5) is 4.79 Å². The first-order chi connectivity index (χ1) is 19.9. The molecule has 0 aromatic heterocycles. The molecule has 10 nitrogen and oxygen atoms in total. The third-order valence-electron chi connectivity index (χ3n) is 7.21. The second kappa shape index (κ2) is 14.5. The number of nitrogens with one attached hydrogen (secondary N) is 2. The fraction of sp³-hybridized carbons (Fsp3) is 0.375. The Hall–Kier alpha value is -4.44. The molecule has 10 heteroatoms. The Balaban J connectivity index is 1.90. The molecular weight excluding hydrogens is 536 g/mol. The van der Waals surface area contributed by atoms with Gasteiger partial charge < -0.3 is 30.3 Å². The van der Waals surface area contributed by atoms with Gasteiger partial charge in [0, 0.05) is 34.0 Å². The molecule has 0 saturated heterocycles. The minimum Gasteiger partial charge on any atom is -0.465 e. The van der Waals surface area contributed by atoms with E-state index >= 15 is 0 Å². The van der Waals surface area contributed by atoms with Gasteiger partial charge in [-0.15, -0.1) is 0 Å². The molecule has 0 heterocycles. The summed E-state index contributed by atoms with van der Waals surface area (Å²) in [5.74, 6) is -1.16. The molecule has 0 fully saturated rings. The van der Waals surface area contributed by atoms with Crippen molar-refractivity contribution < 1.29 is 29.0 Å². The van der Waals surface area contributed by atoms with E-state index < -0.39 is 35.5 Å². The van der Waals surface area contributed by atoms with E-state index in [1.165, 1.54) is 16.8 Å². The summed E-state index contributed by atoms with van der Waals surface area (Å²) < 4.78 is 5.57. The highest BCUT2D eigenvalue weighted by atomic mass is 16.5. The van der Waals surface area contributed by atoms with E-state index in [1.807, 2.05) is 72.8 Å². The molecule has 0 aliphatic heterocycles. The maximum absolute atomic E-state index is 14.2. The van der Waals surface area contributed by atoms with Gasteiger partial charge in [0.2, 0.25) is 17.7 Å². The smallest absolute Gasteiger partial charge is 0.405 e. The van der Waals surface area contributed by atoms with Gasteiger partial charge in [0.25, 0.3) is 0 Å². The van der Waals surface area contributed by atoms with Crippen LogP contribution in [0.3, 0.4) is 0 Å². The summed E-state index contributed by atoms with van der Waals surface area (Å²) in [4.78, 5) is 54.3. The second-order valence-corrected chi connectivity index (χ2v) is 10.9. The number of rotatable bonds is 13. The number of fused-ring (bicyclic) bond motifs is 1. The number of carbonyl (C=O) groups is 4. The Bertz CT molecular complexity index is 1390. The predicted molar refractivity (Wildman–Crippen MR) is 161 cm³/mol. The molecule has 0 unspecified atom stereocenters. The quantitative estimate of drug-likeness (QED) is 0.287. The molecule has 3 aromatic carbocycles. The Labute approximate surface area is 246 Å². The summed E-state index contributed by atoms with van der Waals surface area (Å²) in [5.41, 5.74) is 0.861. The maximum Gasteiger partial charge on any atom is 0.405 e. The number of amides is 4. The average molecular weight is 577 g/mol. The van der Waals surface area contributed by atoms with Crippen LogP contribution in [-0.4, -0.2) is 90.7 Å². The molecule has 0 spiro atoms. The van der Waals surface area contributed by atoms with E-state index in [4.69, 9.17) is 9.84 Å². The third kappa shape index (κ3) is 8.53. The molecule has 0 radical (unpaired) electrons. The molecular formula is C32H40N4O6. The largest absolute Gasteiger partial charge is 0.465 e. The molecule has 42 heavy (non-hydrogen) atoms. The number of carboxylic acid groups (broad SMARTS) is 1. The van der Waals surface area contributed by atoms with Crippen LogP contribution in [0.5, 0.6) is 0 Å². The number of nitrogens with zero attached hydrogens (tertiary/aromatic N) is 2. The number of likely N-dealkylation sites (N-methyl/N-ethyl adjacent to an activating group) is 3. The van der Waals surface area contributed by atoms with Crippen molar-refractivity contribution in [3.63, 3.8) is 0 Å². The molecule has 0 aliphatic rings. The van der Waals surface area contributed by atoms with Crippen LogP contribution < -0.4 is 10.6 Å². The van der Waals surface area contributed by atoms with E-state index in [2.05, 4.69) is 10.6 Å². The molecule has 0 aliphatic carbocycles. The van der Waals surface area contributed by atoms with E-state index in [-0.39, 0.29) is 25.5 Å². The van der Waals surface area contributed by atoms with Crippen molar-refractivity contribution in [1.82, 2.24) is 20.4 Å². The van der Waals surface area contributed by atoms with Gasteiger partial charge >= 0.3 is 6.09 Å². The monoisotopic (exact) mass is 576 g/mol. The van der Waals surface area contributed by atoms with Gasteiger partial charge in [-0.25, -0.2) is 4.79 Å². The lowest BCUT2D eigenvalue weighted by atomic mass is 9.96. The Morgan fingerprint density at radius 1 is 0.857 bits per heavy atom. The molecule has 2 atom stereocenters. The normalized spacial score (nSPS) is 12.7. The van der Waals surface area contributed by atoms with Gasteiger partial charge in [-0.1, -0.05) is 72.8 Å². The van der Waals surface area contributed by atoms with Crippen LogP contribution in [0.25, 0.3) is 10.8 Å². The van der Waals surface area contributed by atoms with Crippen LogP contribution in [0.15, 0.2) is 72.8 Å². The minimum atomic E-state index is -1.20. The standard InChI is InChI=1S/C32H40N4O6/c1-32(2,34-31(40)41)21-42-20-28(37)35(4)27(19-24-16-11-15-23-14-9-10-17-25(23)24)30(39)36(5)26(29(38)33-3)18-22-12-7-6-8-13-22/h6-17,26-27,34H,18-21H2,1-5H3,(H,33,38)(H,40,41)/t26-,27-/m1/s1. The van der Waals surface area contributed by atoms with E-state index in [0.29, 0.717) is 6.42 Å². The summed E-state index contributed by atoms with van der Waals surface area (Å²) in [6.07, 6.45) is -0.683. The number of benzene rings is 3. The Kier molecular flexibility index (Phi) is 11.0. The van der Waals surface area contributed by atoms with E-state index in [0.717, 1.165) is 21.9 Å². The second-order valence-electron chi connectivity index (χ2n) is 10.9. The average Bonchev–Trinajstić information content (AvgIpc) is 2.97. The van der Waals surface area contributed by atoms with E-state index in [9.17, 15) is 19.2 Å². The van der Waals surface area contributed by atoms with Gasteiger partial charge in [-0.3, -0.25) is 14.4 Å². The third-order valence-corrected chi connectivity index (χ3v) is 7.21. The van der Waals surface area contributed by atoms with Crippen LogP contribution in [-0.2, 0) is 32.0 Å². The fourth-order valence-corrected chi connectivity index (χ4v) is 4.86. The van der Waals surface area contributed by atoms with Gasteiger partial charge in [0.05, 0.1) is 12.1 Å². The van der Waals surface area contributed by atoms with Crippen LogP contribution in [0, 0.1) is 0 Å². The van der Waals surface area contributed by atoms with Crippen LogP contribution in [0.1, 0.15) is 25.0 Å². The molecule has 4 amide bonds. The SMILES string of the molecule is CNC(=O)[C@@H](Cc1ccccc1)N(C)C(=O)[C@@H](Cc1cccc2ccccc12)N(C)C(=O)COCC(C)(C)NC(=O)O. The zero-order valence-corrected chi connectivity index (χ0v) is 24.8. The van der Waals surface area contributed by atoms with Crippen LogP contribution in [0.2, 0.25) is 0 Å². The molecule has 3 aromatic rings.